The van der Waals surface area contributed by atoms with Crippen LogP contribution in [0.5, 0.6) is 5.75 Å². The van der Waals surface area contributed by atoms with Gasteiger partial charge in [-0.05, 0) is 30.4 Å². The van der Waals surface area contributed by atoms with Gasteiger partial charge in [0.15, 0.2) is 6.10 Å². The van der Waals surface area contributed by atoms with Crippen molar-refractivity contribution in [1.29, 1.82) is 0 Å². The highest BCUT2D eigenvalue weighted by atomic mass is 16.5. The van der Waals surface area contributed by atoms with E-state index in [1.54, 1.807) is 0 Å². The number of rotatable bonds is 5. The summed E-state index contributed by atoms with van der Waals surface area (Å²) in [4.78, 5) is 11.1. The van der Waals surface area contributed by atoms with Crippen LogP contribution in [0.4, 0.5) is 0 Å². The third-order valence-corrected chi connectivity index (χ3v) is 3.09. The van der Waals surface area contributed by atoms with Crippen LogP contribution in [0.25, 0.3) is 0 Å². The average Bonchev–Trinajstić information content (AvgIpc) is 3.09. The number of benzene rings is 1. The Morgan fingerprint density at radius 2 is 2.00 bits per heavy atom. The van der Waals surface area contributed by atoms with Crippen LogP contribution in [0.3, 0.4) is 0 Å². The lowest BCUT2D eigenvalue weighted by Crippen LogP contribution is -2.29. The number of ether oxygens (including phenoxy) is 1. The van der Waals surface area contributed by atoms with Crippen LogP contribution in [-0.2, 0) is 4.79 Å². The zero-order chi connectivity index (χ0) is 12.4. The van der Waals surface area contributed by atoms with E-state index in [0.717, 1.165) is 18.4 Å². The molecule has 1 aromatic carbocycles. The number of carboxylic acid groups (broad SMARTS) is 1. The van der Waals surface area contributed by atoms with Crippen LogP contribution in [0, 0.1) is 5.92 Å². The predicted octanol–water partition coefficient (Wildman–Crippen LogP) is 3.05. The normalized spacial score (nSPS) is 16.9. The Bertz CT molecular complexity index is 408. The summed E-state index contributed by atoms with van der Waals surface area (Å²) in [6.45, 7) is 4.16. The molecule has 1 unspecified atom stereocenters. The first-order valence-electron chi connectivity index (χ1n) is 6.08. The lowest BCUT2D eigenvalue weighted by atomic mass is 10.0. The first-order chi connectivity index (χ1) is 8.09. The van der Waals surface area contributed by atoms with E-state index in [4.69, 9.17) is 9.84 Å². The Morgan fingerprint density at radius 1 is 1.35 bits per heavy atom. The Kier molecular flexibility index (Phi) is 3.36. The van der Waals surface area contributed by atoms with Gasteiger partial charge in [-0.1, -0.05) is 32.0 Å². The lowest BCUT2D eigenvalue weighted by Gasteiger charge is -2.18. The fourth-order valence-electron chi connectivity index (χ4n) is 1.95. The maximum Gasteiger partial charge on any atom is 0.345 e. The molecular weight excluding hydrogens is 216 g/mol. The molecule has 92 valence electrons. The maximum atomic E-state index is 11.1. The van der Waals surface area contributed by atoms with Gasteiger partial charge < -0.3 is 9.84 Å². The van der Waals surface area contributed by atoms with E-state index in [-0.39, 0.29) is 5.92 Å². The van der Waals surface area contributed by atoms with Gasteiger partial charge in [0.1, 0.15) is 5.75 Å². The summed E-state index contributed by atoms with van der Waals surface area (Å²) < 4.78 is 5.69. The second kappa shape index (κ2) is 4.78. The Balaban J connectivity index is 2.19. The molecule has 1 atom stereocenters. The SMILES string of the molecule is CC(C)c1ccccc1OC(C(=O)O)C1CC1. The molecule has 1 aliphatic rings. The second-order valence-corrected chi connectivity index (χ2v) is 4.91. The first-order valence-corrected chi connectivity index (χ1v) is 6.08. The molecule has 1 fully saturated rings. The van der Waals surface area contributed by atoms with Gasteiger partial charge in [0.2, 0.25) is 0 Å². The molecule has 17 heavy (non-hydrogen) atoms. The number of hydrogen-bond acceptors (Lipinski definition) is 2. The Labute approximate surface area is 101 Å². The molecule has 1 aromatic rings. The largest absolute Gasteiger partial charge is 0.478 e. The van der Waals surface area contributed by atoms with Gasteiger partial charge in [-0.15, -0.1) is 0 Å². The Hall–Kier alpha value is -1.51. The zero-order valence-corrected chi connectivity index (χ0v) is 10.2. The molecule has 1 N–H and O–H groups in total. The number of carbonyl (C=O) groups is 1. The highest BCUT2D eigenvalue weighted by Gasteiger charge is 2.38. The third kappa shape index (κ3) is 2.78. The van der Waals surface area contributed by atoms with Crippen LogP contribution in [0.2, 0.25) is 0 Å². The first kappa shape index (κ1) is 12.0. The summed E-state index contributed by atoms with van der Waals surface area (Å²) in [7, 11) is 0. The van der Waals surface area contributed by atoms with Gasteiger partial charge in [0.25, 0.3) is 0 Å². The smallest absolute Gasteiger partial charge is 0.345 e. The molecular formula is C14H18O3. The van der Waals surface area contributed by atoms with Gasteiger partial charge in [-0.3, -0.25) is 0 Å². The topological polar surface area (TPSA) is 46.5 Å². The molecule has 0 amide bonds. The molecule has 0 bridgehead atoms. The van der Waals surface area contributed by atoms with Crippen LogP contribution in [-0.4, -0.2) is 17.2 Å². The predicted molar refractivity (Wildman–Crippen MR) is 65.3 cm³/mol. The minimum atomic E-state index is -0.856. The van der Waals surface area contributed by atoms with E-state index in [9.17, 15) is 4.79 Å². The molecule has 1 aliphatic carbocycles. The average molecular weight is 234 g/mol. The fourth-order valence-corrected chi connectivity index (χ4v) is 1.95. The van der Waals surface area contributed by atoms with Crippen LogP contribution in [0.15, 0.2) is 24.3 Å². The van der Waals surface area contributed by atoms with Gasteiger partial charge in [-0.25, -0.2) is 4.79 Å². The van der Waals surface area contributed by atoms with Crippen molar-refractivity contribution < 1.29 is 14.6 Å². The van der Waals surface area contributed by atoms with E-state index in [1.807, 2.05) is 24.3 Å². The van der Waals surface area contributed by atoms with E-state index < -0.39 is 12.1 Å². The number of carboxylic acids is 1. The monoisotopic (exact) mass is 234 g/mol. The van der Waals surface area contributed by atoms with Gasteiger partial charge in [0, 0.05) is 5.92 Å². The lowest BCUT2D eigenvalue weighted by molar-refractivity contribution is -0.146. The second-order valence-electron chi connectivity index (χ2n) is 4.91. The molecule has 2 rings (SSSR count). The standard InChI is InChI=1S/C14H18O3/c1-9(2)11-5-3-4-6-12(11)17-13(14(15)16)10-7-8-10/h3-6,9-10,13H,7-8H2,1-2H3,(H,15,16). The van der Waals surface area contributed by atoms with Crippen molar-refractivity contribution in [2.75, 3.05) is 0 Å². The van der Waals surface area contributed by atoms with Crippen molar-refractivity contribution in [1.82, 2.24) is 0 Å². The van der Waals surface area contributed by atoms with Gasteiger partial charge in [-0.2, -0.15) is 0 Å². The van der Waals surface area contributed by atoms with Crippen molar-refractivity contribution in [3.05, 3.63) is 29.8 Å². The van der Waals surface area contributed by atoms with Crippen molar-refractivity contribution in [3.63, 3.8) is 0 Å². The van der Waals surface area contributed by atoms with Gasteiger partial charge >= 0.3 is 5.97 Å². The summed E-state index contributed by atoms with van der Waals surface area (Å²) in [5.41, 5.74) is 1.07. The van der Waals surface area contributed by atoms with E-state index in [0.29, 0.717) is 11.7 Å². The van der Waals surface area contributed by atoms with Crippen LogP contribution < -0.4 is 4.74 Å². The molecule has 0 saturated heterocycles. The zero-order valence-electron chi connectivity index (χ0n) is 10.2. The summed E-state index contributed by atoms with van der Waals surface area (Å²) in [6.07, 6.45) is 1.23. The fraction of sp³-hybridized carbons (Fsp3) is 0.500. The summed E-state index contributed by atoms with van der Waals surface area (Å²) in [5, 5.41) is 9.15. The van der Waals surface area contributed by atoms with Crippen molar-refractivity contribution >= 4 is 5.97 Å². The minimum absolute atomic E-state index is 0.188. The summed E-state index contributed by atoms with van der Waals surface area (Å²) >= 11 is 0. The molecule has 0 aliphatic heterocycles. The van der Waals surface area contributed by atoms with E-state index >= 15 is 0 Å². The number of para-hydroxylation sites is 1. The van der Waals surface area contributed by atoms with Crippen molar-refractivity contribution in [2.24, 2.45) is 5.92 Å². The highest BCUT2D eigenvalue weighted by Crippen LogP contribution is 2.36. The van der Waals surface area contributed by atoms with Crippen LogP contribution >= 0.6 is 0 Å². The van der Waals surface area contributed by atoms with Crippen molar-refractivity contribution in [2.45, 2.75) is 38.7 Å². The summed E-state index contributed by atoms with van der Waals surface area (Å²) in [5.74, 6) is 0.375. The quantitative estimate of drug-likeness (QED) is 0.851. The number of aliphatic carboxylic acids is 1. The summed E-state index contributed by atoms with van der Waals surface area (Å²) in [6, 6.07) is 7.68. The van der Waals surface area contributed by atoms with E-state index in [1.165, 1.54) is 0 Å². The molecule has 3 nitrogen and oxygen atoms in total. The van der Waals surface area contributed by atoms with Crippen LogP contribution in [0.1, 0.15) is 38.2 Å². The molecule has 0 radical (unpaired) electrons. The Morgan fingerprint density at radius 3 is 2.53 bits per heavy atom. The van der Waals surface area contributed by atoms with Gasteiger partial charge in [0.05, 0.1) is 0 Å². The molecule has 0 aromatic heterocycles. The molecule has 0 heterocycles. The van der Waals surface area contributed by atoms with Crippen molar-refractivity contribution in [3.8, 4) is 5.75 Å². The third-order valence-electron chi connectivity index (χ3n) is 3.09. The number of hydrogen-bond donors (Lipinski definition) is 1. The molecule has 3 heteroatoms. The molecule has 1 saturated carbocycles. The maximum absolute atomic E-state index is 11.1. The highest BCUT2D eigenvalue weighted by molar-refractivity contribution is 5.73. The minimum Gasteiger partial charge on any atom is -0.478 e. The van der Waals surface area contributed by atoms with E-state index in [2.05, 4.69) is 13.8 Å². The molecule has 0 spiro atoms.